The Morgan fingerprint density at radius 3 is 2.85 bits per heavy atom. The number of hydrogen-bond donors (Lipinski definition) is 1. The van der Waals surface area contributed by atoms with E-state index in [0.717, 1.165) is 12.8 Å². The first-order valence-electron chi connectivity index (χ1n) is 8.82. The van der Waals surface area contributed by atoms with Crippen molar-refractivity contribution in [1.29, 1.82) is 0 Å². The molecule has 2 aromatic rings. The molecule has 1 atom stereocenters. The molecule has 0 aromatic carbocycles. The van der Waals surface area contributed by atoms with Crippen LogP contribution in [0.5, 0.6) is 0 Å². The second kappa shape index (κ2) is 7.27. The van der Waals surface area contributed by atoms with Gasteiger partial charge in [0.25, 0.3) is 5.91 Å². The van der Waals surface area contributed by atoms with Crippen LogP contribution >= 0.6 is 0 Å². The highest BCUT2D eigenvalue weighted by Gasteiger charge is 2.39. The number of aryl methyl sites for hydroxylation is 2. The monoisotopic (exact) mass is 360 g/mol. The maximum absolute atomic E-state index is 12.7. The van der Waals surface area contributed by atoms with Crippen molar-refractivity contribution in [1.82, 2.24) is 30.3 Å². The van der Waals surface area contributed by atoms with E-state index in [0.29, 0.717) is 36.7 Å². The number of hydrogen-bond acceptors (Lipinski definition) is 6. The third-order valence-corrected chi connectivity index (χ3v) is 4.88. The summed E-state index contributed by atoms with van der Waals surface area (Å²) in [7, 11) is 0. The number of rotatable bonds is 5. The number of carbonyl (C=O) groups excluding carboxylic acids is 2. The lowest BCUT2D eigenvalue weighted by Gasteiger charge is -2.39. The van der Waals surface area contributed by atoms with Crippen molar-refractivity contribution in [2.45, 2.75) is 46.7 Å². The number of carbonyl (C=O) groups is 2. The van der Waals surface area contributed by atoms with Crippen LogP contribution in [-0.4, -0.2) is 49.9 Å². The molecule has 26 heavy (non-hydrogen) atoms. The van der Waals surface area contributed by atoms with Gasteiger partial charge in [0.05, 0.1) is 12.0 Å². The first-order chi connectivity index (χ1) is 12.4. The van der Waals surface area contributed by atoms with E-state index in [9.17, 15) is 9.59 Å². The summed E-state index contributed by atoms with van der Waals surface area (Å²) >= 11 is 0. The van der Waals surface area contributed by atoms with Gasteiger partial charge in [0.2, 0.25) is 5.91 Å². The van der Waals surface area contributed by atoms with E-state index in [1.54, 1.807) is 28.8 Å². The predicted octanol–water partition coefficient (Wildman–Crippen LogP) is 1.15. The lowest BCUT2D eigenvalue weighted by atomic mass is 9.80. The highest BCUT2D eigenvalue weighted by Crippen LogP contribution is 2.30. The molecule has 3 heterocycles. The molecule has 0 saturated carbocycles. The summed E-state index contributed by atoms with van der Waals surface area (Å²) in [4.78, 5) is 27.2. The standard InChI is InChI=1S/C17H24N6O3/c1-4-23-9-6-13(19-23)15(24)22-8-5-7-17(3,11-22)16(25)18-10-14-12(2)20-26-21-14/h6,9H,4-5,7-8,10-11H2,1-3H3,(H,18,25). The van der Waals surface area contributed by atoms with E-state index in [-0.39, 0.29) is 18.4 Å². The summed E-state index contributed by atoms with van der Waals surface area (Å²) in [5, 5.41) is 14.6. The molecule has 9 heteroatoms. The van der Waals surface area contributed by atoms with E-state index < -0.39 is 5.41 Å². The summed E-state index contributed by atoms with van der Waals surface area (Å²) in [6, 6.07) is 1.72. The Morgan fingerprint density at radius 1 is 1.38 bits per heavy atom. The molecule has 0 radical (unpaired) electrons. The van der Waals surface area contributed by atoms with Crippen LogP contribution in [0.3, 0.4) is 0 Å². The second-order valence-electron chi connectivity index (χ2n) is 6.93. The van der Waals surface area contributed by atoms with Crippen molar-refractivity contribution in [3.05, 3.63) is 29.3 Å². The minimum absolute atomic E-state index is 0.100. The van der Waals surface area contributed by atoms with Gasteiger partial charge in [-0.3, -0.25) is 14.3 Å². The maximum atomic E-state index is 12.7. The van der Waals surface area contributed by atoms with Crippen molar-refractivity contribution in [2.75, 3.05) is 13.1 Å². The molecular formula is C17H24N6O3. The van der Waals surface area contributed by atoms with Crippen LogP contribution < -0.4 is 5.32 Å². The fourth-order valence-corrected chi connectivity index (χ4v) is 3.20. The SMILES string of the molecule is CCn1ccc(C(=O)N2CCCC(C)(C(=O)NCc3nonc3C)C2)n1. The fourth-order valence-electron chi connectivity index (χ4n) is 3.20. The minimum atomic E-state index is -0.647. The molecule has 2 amide bonds. The first kappa shape index (κ1) is 18.1. The third kappa shape index (κ3) is 3.61. The van der Waals surface area contributed by atoms with Crippen molar-refractivity contribution in [3.8, 4) is 0 Å². The summed E-state index contributed by atoms with van der Waals surface area (Å²) in [5.74, 6) is -0.232. The molecule has 1 N–H and O–H groups in total. The van der Waals surface area contributed by atoms with E-state index in [4.69, 9.17) is 0 Å². The van der Waals surface area contributed by atoms with Crippen LogP contribution in [0.4, 0.5) is 0 Å². The summed E-state index contributed by atoms with van der Waals surface area (Å²) < 4.78 is 6.36. The second-order valence-corrected chi connectivity index (χ2v) is 6.93. The first-order valence-corrected chi connectivity index (χ1v) is 8.82. The molecule has 1 aliphatic rings. The summed E-state index contributed by atoms with van der Waals surface area (Å²) in [6.45, 7) is 7.61. The highest BCUT2D eigenvalue weighted by molar-refractivity contribution is 5.93. The van der Waals surface area contributed by atoms with Gasteiger partial charge in [-0.25, -0.2) is 4.63 Å². The highest BCUT2D eigenvalue weighted by atomic mass is 16.6. The molecule has 0 bridgehead atoms. The van der Waals surface area contributed by atoms with Crippen LogP contribution in [0.25, 0.3) is 0 Å². The zero-order valence-electron chi connectivity index (χ0n) is 15.4. The number of nitrogens with zero attached hydrogens (tertiary/aromatic N) is 5. The Labute approximate surface area is 151 Å². The summed E-state index contributed by atoms with van der Waals surface area (Å²) in [6.07, 6.45) is 3.29. The van der Waals surface area contributed by atoms with Crippen molar-refractivity contribution in [2.24, 2.45) is 5.41 Å². The number of likely N-dealkylation sites (tertiary alicyclic amines) is 1. The van der Waals surface area contributed by atoms with Gasteiger partial charge in [-0.2, -0.15) is 5.10 Å². The van der Waals surface area contributed by atoms with Gasteiger partial charge in [0.1, 0.15) is 17.1 Å². The fraction of sp³-hybridized carbons (Fsp3) is 0.588. The molecule has 140 valence electrons. The van der Waals surface area contributed by atoms with E-state index in [1.165, 1.54) is 0 Å². The quantitative estimate of drug-likeness (QED) is 0.857. The van der Waals surface area contributed by atoms with E-state index in [1.807, 2.05) is 13.8 Å². The van der Waals surface area contributed by atoms with Crippen molar-refractivity contribution >= 4 is 11.8 Å². The van der Waals surface area contributed by atoms with Crippen LogP contribution in [0.2, 0.25) is 0 Å². The van der Waals surface area contributed by atoms with Gasteiger partial charge in [0, 0.05) is 25.8 Å². The lowest BCUT2D eigenvalue weighted by molar-refractivity contribution is -0.132. The average Bonchev–Trinajstić information content (AvgIpc) is 3.28. The molecular weight excluding hydrogens is 336 g/mol. The zero-order chi connectivity index (χ0) is 18.7. The molecule has 2 aromatic heterocycles. The average molecular weight is 360 g/mol. The number of aromatic nitrogens is 4. The van der Waals surface area contributed by atoms with Gasteiger partial charge < -0.3 is 10.2 Å². The molecule has 0 spiro atoms. The van der Waals surface area contributed by atoms with E-state index >= 15 is 0 Å². The van der Waals surface area contributed by atoms with E-state index in [2.05, 4.69) is 25.4 Å². The molecule has 0 aliphatic carbocycles. The molecule has 9 nitrogen and oxygen atoms in total. The molecule has 3 rings (SSSR count). The number of piperidine rings is 1. The Morgan fingerprint density at radius 2 is 2.19 bits per heavy atom. The predicted molar refractivity (Wildman–Crippen MR) is 92.0 cm³/mol. The van der Waals surface area contributed by atoms with Gasteiger partial charge in [-0.05, 0) is 39.7 Å². The van der Waals surface area contributed by atoms with Gasteiger partial charge in [-0.15, -0.1) is 0 Å². The van der Waals surface area contributed by atoms with Crippen LogP contribution in [-0.2, 0) is 17.9 Å². The molecule has 1 saturated heterocycles. The molecule has 1 aliphatic heterocycles. The Kier molecular flexibility index (Phi) is 5.06. The smallest absolute Gasteiger partial charge is 0.274 e. The maximum Gasteiger partial charge on any atom is 0.274 e. The Bertz CT molecular complexity index is 798. The van der Waals surface area contributed by atoms with Gasteiger partial charge in [0.15, 0.2) is 0 Å². The van der Waals surface area contributed by atoms with Crippen molar-refractivity contribution in [3.63, 3.8) is 0 Å². The van der Waals surface area contributed by atoms with Gasteiger partial charge >= 0.3 is 0 Å². The molecule has 1 fully saturated rings. The van der Waals surface area contributed by atoms with Gasteiger partial charge in [-0.1, -0.05) is 10.3 Å². The normalized spacial score (nSPS) is 20.2. The van der Waals surface area contributed by atoms with Crippen molar-refractivity contribution < 1.29 is 14.2 Å². The van der Waals surface area contributed by atoms with Crippen LogP contribution in [0.1, 0.15) is 48.6 Å². The Hall–Kier alpha value is -2.71. The molecule has 1 unspecified atom stereocenters. The number of amides is 2. The number of nitrogens with one attached hydrogen (secondary N) is 1. The Balaban J connectivity index is 1.64. The third-order valence-electron chi connectivity index (χ3n) is 4.88. The minimum Gasteiger partial charge on any atom is -0.350 e. The summed E-state index contributed by atoms with van der Waals surface area (Å²) in [5.41, 5.74) is 1.03. The topological polar surface area (TPSA) is 106 Å². The largest absolute Gasteiger partial charge is 0.350 e. The van der Waals surface area contributed by atoms with Crippen LogP contribution in [0.15, 0.2) is 16.9 Å². The zero-order valence-corrected chi connectivity index (χ0v) is 15.4. The lowest BCUT2D eigenvalue weighted by Crippen LogP contribution is -2.51. The van der Waals surface area contributed by atoms with Crippen LogP contribution in [0, 0.1) is 12.3 Å².